The highest BCUT2D eigenvalue weighted by atomic mass is 16.7. The van der Waals surface area contributed by atoms with Crippen LogP contribution in [0.15, 0.2) is 35.4 Å². The van der Waals surface area contributed by atoms with Gasteiger partial charge in [-0.2, -0.15) is 5.10 Å². The Labute approximate surface area is 307 Å². The van der Waals surface area contributed by atoms with E-state index < -0.39 is 60.4 Å². The van der Waals surface area contributed by atoms with E-state index in [-0.39, 0.29) is 90.2 Å². The van der Waals surface area contributed by atoms with Crippen LogP contribution in [0.2, 0.25) is 0 Å². The average molecular weight is 738 g/mol. The number of benzene rings is 2. The van der Waals surface area contributed by atoms with E-state index >= 15 is 0 Å². The number of carbonyl (C=O) groups excluding carboxylic acids is 5. The van der Waals surface area contributed by atoms with Crippen LogP contribution in [0.25, 0.3) is 0 Å². The number of ketones is 3. The number of alkyl carbamates (subject to hydrolysis) is 1. The Kier molecular flexibility index (Phi) is 12.5. The summed E-state index contributed by atoms with van der Waals surface area (Å²) in [6, 6.07) is 7.92. The van der Waals surface area contributed by atoms with Crippen molar-refractivity contribution in [3.05, 3.63) is 63.7 Å². The molecule has 1 aliphatic heterocycles. The van der Waals surface area contributed by atoms with Crippen molar-refractivity contribution in [2.45, 2.75) is 103 Å². The van der Waals surface area contributed by atoms with E-state index in [1.807, 2.05) is 6.92 Å². The smallest absolute Gasteiger partial charge is 0.407 e. The maximum atomic E-state index is 13.9. The largest absolute Gasteiger partial charge is 0.496 e. The lowest BCUT2D eigenvalue weighted by Gasteiger charge is -2.42. The Bertz CT molecular complexity index is 1780. The molecular weight excluding hydrogens is 690 g/mol. The summed E-state index contributed by atoms with van der Waals surface area (Å²) in [6.07, 6.45) is -3.96. The molecule has 0 saturated carbocycles. The zero-order valence-electron chi connectivity index (χ0n) is 30.5. The number of fused-ring (bicyclic) bond motifs is 3. The zero-order valence-corrected chi connectivity index (χ0v) is 30.5. The van der Waals surface area contributed by atoms with Gasteiger partial charge in [-0.05, 0) is 62.4 Å². The molecule has 0 bridgehead atoms. The average Bonchev–Trinajstić information content (AvgIpc) is 3.11. The molecule has 0 radical (unpaired) electrons. The summed E-state index contributed by atoms with van der Waals surface area (Å²) in [5.41, 5.74) is 1.91. The number of aliphatic hydroxyl groups excluding tert-OH is 2. The zero-order chi connectivity index (χ0) is 38.6. The minimum absolute atomic E-state index is 0.00594. The Morgan fingerprint density at radius 1 is 1.08 bits per heavy atom. The number of nitrogens with zero attached hydrogens (tertiary/aromatic N) is 1. The van der Waals surface area contributed by atoms with E-state index in [0.29, 0.717) is 17.5 Å². The van der Waals surface area contributed by atoms with Crippen molar-refractivity contribution in [3.8, 4) is 5.75 Å². The Morgan fingerprint density at radius 2 is 1.81 bits per heavy atom. The van der Waals surface area contributed by atoms with Gasteiger partial charge in [0.05, 0.1) is 56.0 Å². The first-order valence-electron chi connectivity index (χ1n) is 17.7. The predicted octanol–water partition coefficient (Wildman–Crippen LogP) is 2.68. The summed E-state index contributed by atoms with van der Waals surface area (Å²) >= 11 is 0. The normalized spacial score (nSPS) is 25.2. The Balaban J connectivity index is 1.37. The number of carbonyl (C=O) groups is 5. The van der Waals surface area contributed by atoms with Crippen LogP contribution in [0.4, 0.5) is 4.79 Å². The molecule has 1 heterocycles. The molecule has 6 atom stereocenters. The monoisotopic (exact) mass is 737 g/mol. The van der Waals surface area contributed by atoms with Gasteiger partial charge in [0, 0.05) is 48.8 Å². The molecule has 2 aromatic rings. The molecule has 2 amide bonds. The number of rotatable bonds is 13. The lowest BCUT2D eigenvalue weighted by atomic mass is 9.73. The van der Waals surface area contributed by atoms with Crippen molar-refractivity contribution >= 4 is 35.1 Å². The van der Waals surface area contributed by atoms with Crippen LogP contribution < -0.4 is 15.5 Å². The lowest BCUT2D eigenvalue weighted by molar-refractivity contribution is -0.253. The van der Waals surface area contributed by atoms with E-state index in [0.717, 1.165) is 0 Å². The second-order valence-electron chi connectivity index (χ2n) is 14.1. The summed E-state index contributed by atoms with van der Waals surface area (Å²) in [4.78, 5) is 64.1. The number of hydrogen-bond acceptors (Lipinski definition) is 13. The van der Waals surface area contributed by atoms with Gasteiger partial charge in [0.2, 0.25) is 5.91 Å². The van der Waals surface area contributed by atoms with Crippen molar-refractivity contribution in [3.63, 3.8) is 0 Å². The SMILES string of the molecule is COc1cccc2c1C(=O)c1cc3c(cc1C2=O)C[C@@](O)(/C(CO)=N\NC(=O)CCCC(=O)CNC(=O)OC(C)C)C[C@@H]3O[C@H]1C[C@H](C)[C@H](O)[C@H](C)O1. The van der Waals surface area contributed by atoms with E-state index in [9.17, 15) is 39.3 Å². The fourth-order valence-corrected chi connectivity index (χ4v) is 7.02. The number of Topliss-reactive ketones (excluding diaryl/α,β-unsaturated/α-hetero) is 1. The van der Waals surface area contributed by atoms with Crippen LogP contribution in [0.3, 0.4) is 0 Å². The number of nitrogens with one attached hydrogen (secondary N) is 2. The van der Waals surface area contributed by atoms with Crippen LogP contribution in [0.5, 0.6) is 5.75 Å². The first-order chi connectivity index (χ1) is 25.1. The molecule has 0 spiro atoms. The lowest BCUT2D eigenvalue weighted by Crippen LogP contribution is -2.49. The molecule has 15 nitrogen and oxygen atoms in total. The minimum atomic E-state index is -1.88. The van der Waals surface area contributed by atoms with E-state index in [4.69, 9.17) is 18.9 Å². The first kappa shape index (κ1) is 39.7. The van der Waals surface area contributed by atoms with Crippen LogP contribution >= 0.6 is 0 Å². The van der Waals surface area contributed by atoms with Gasteiger partial charge < -0.3 is 39.6 Å². The van der Waals surface area contributed by atoms with Gasteiger partial charge in [-0.3, -0.25) is 19.2 Å². The number of hydrogen-bond donors (Lipinski definition) is 5. The highest BCUT2D eigenvalue weighted by Crippen LogP contribution is 2.44. The van der Waals surface area contributed by atoms with E-state index in [1.54, 1.807) is 51.1 Å². The second kappa shape index (κ2) is 16.6. The number of ether oxygens (including phenoxy) is 4. The fourth-order valence-electron chi connectivity index (χ4n) is 7.02. The van der Waals surface area contributed by atoms with Gasteiger partial charge in [0.15, 0.2) is 23.6 Å². The topological polar surface area (TPSA) is 219 Å². The molecule has 1 saturated heterocycles. The fraction of sp³-hybridized carbons (Fsp3) is 0.526. The maximum Gasteiger partial charge on any atom is 0.407 e. The number of amides is 2. The molecule has 286 valence electrons. The molecule has 5 rings (SSSR count). The molecule has 1 fully saturated rings. The highest BCUT2D eigenvalue weighted by Gasteiger charge is 2.46. The third-order valence-corrected chi connectivity index (χ3v) is 9.78. The molecule has 5 N–H and O–H groups in total. The van der Waals surface area contributed by atoms with E-state index in [2.05, 4.69) is 15.8 Å². The summed E-state index contributed by atoms with van der Waals surface area (Å²) in [5, 5.41) is 39.4. The summed E-state index contributed by atoms with van der Waals surface area (Å²) in [7, 11) is 1.42. The van der Waals surface area contributed by atoms with Crippen LogP contribution in [-0.4, -0.2) is 101 Å². The van der Waals surface area contributed by atoms with Gasteiger partial charge in [-0.25, -0.2) is 10.2 Å². The highest BCUT2D eigenvalue weighted by molar-refractivity contribution is 6.29. The summed E-state index contributed by atoms with van der Waals surface area (Å²) in [6.45, 7) is 5.96. The van der Waals surface area contributed by atoms with Crippen molar-refractivity contribution in [2.75, 3.05) is 20.3 Å². The molecule has 53 heavy (non-hydrogen) atoms. The molecule has 2 aromatic carbocycles. The van der Waals surface area contributed by atoms with Crippen LogP contribution in [0.1, 0.15) is 109 Å². The number of aliphatic hydroxyl groups is 3. The molecule has 15 heteroatoms. The van der Waals surface area contributed by atoms with Gasteiger partial charge in [0.1, 0.15) is 11.4 Å². The minimum Gasteiger partial charge on any atom is -0.496 e. The molecule has 2 aliphatic carbocycles. The van der Waals surface area contributed by atoms with Crippen LogP contribution in [-0.2, 0) is 30.2 Å². The van der Waals surface area contributed by atoms with Gasteiger partial charge in [-0.1, -0.05) is 19.1 Å². The van der Waals surface area contributed by atoms with Crippen molar-refractivity contribution < 1.29 is 58.2 Å². The Morgan fingerprint density at radius 3 is 2.49 bits per heavy atom. The maximum absolute atomic E-state index is 13.9. The summed E-state index contributed by atoms with van der Waals surface area (Å²) in [5.74, 6) is -1.59. The van der Waals surface area contributed by atoms with Crippen molar-refractivity contribution in [1.82, 2.24) is 10.7 Å². The quantitative estimate of drug-likeness (QED) is 0.126. The van der Waals surface area contributed by atoms with Crippen molar-refractivity contribution in [2.24, 2.45) is 11.0 Å². The van der Waals surface area contributed by atoms with E-state index in [1.165, 1.54) is 7.11 Å². The third-order valence-electron chi connectivity index (χ3n) is 9.78. The molecular formula is C38H47N3O12. The molecule has 3 aliphatic rings. The first-order valence-corrected chi connectivity index (χ1v) is 17.7. The number of hydrazone groups is 1. The van der Waals surface area contributed by atoms with Crippen molar-refractivity contribution in [1.29, 1.82) is 0 Å². The van der Waals surface area contributed by atoms with Gasteiger partial charge >= 0.3 is 6.09 Å². The number of methoxy groups -OCH3 is 1. The van der Waals surface area contributed by atoms with Gasteiger partial charge in [0.25, 0.3) is 0 Å². The van der Waals surface area contributed by atoms with Crippen LogP contribution in [0, 0.1) is 5.92 Å². The predicted molar refractivity (Wildman–Crippen MR) is 189 cm³/mol. The molecule has 0 aromatic heterocycles. The standard InChI is InChI=1S/C38H47N3O12/c1-19(2)51-37(48)39-17-23(43)8-6-11-31(44)41-40-30(18-42)38(49)15-22-13-26-27(36(47)33-24(35(26)46)9-7-10-28(33)50-5)14-25(22)29(16-38)53-32-12-20(3)34(45)21(4)52-32/h7,9-10,13-14,19-21,29,32,34,42,45,49H,6,8,11-12,15-18H2,1-5H3,(H,39,48)(H,41,44)/b40-30-/t20-,21-,29-,32-,34-,38-/m0/s1. The summed E-state index contributed by atoms with van der Waals surface area (Å²) < 4.78 is 22.7. The Hall–Kier alpha value is -4.54. The second-order valence-corrected chi connectivity index (χ2v) is 14.1. The molecule has 0 unspecified atom stereocenters. The van der Waals surface area contributed by atoms with Gasteiger partial charge in [-0.15, -0.1) is 0 Å². The third kappa shape index (κ3) is 8.82.